The van der Waals surface area contributed by atoms with Crippen LogP contribution in [0.3, 0.4) is 0 Å². The highest BCUT2D eigenvalue weighted by molar-refractivity contribution is 5.85. The van der Waals surface area contributed by atoms with Crippen LogP contribution >= 0.6 is 0 Å². The van der Waals surface area contributed by atoms with Gasteiger partial charge in [0.15, 0.2) is 12.2 Å². The molecule has 0 aromatic carbocycles. The van der Waals surface area contributed by atoms with E-state index < -0.39 is 24.1 Å². The lowest BCUT2D eigenvalue weighted by atomic mass is 10.0. The van der Waals surface area contributed by atoms with Gasteiger partial charge in [0.1, 0.15) is 0 Å². The molecule has 6 nitrogen and oxygen atoms in total. The number of ether oxygens (including phenoxy) is 2. The summed E-state index contributed by atoms with van der Waals surface area (Å²) in [6.45, 7) is 4.94. The van der Waals surface area contributed by atoms with Gasteiger partial charge < -0.3 is 19.7 Å². The van der Waals surface area contributed by atoms with Crippen molar-refractivity contribution in [1.82, 2.24) is 0 Å². The van der Waals surface area contributed by atoms with E-state index in [0.29, 0.717) is 0 Å². The number of carbonyl (C=O) groups is 2. The van der Waals surface area contributed by atoms with Gasteiger partial charge in [0.25, 0.3) is 0 Å². The summed E-state index contributed by atoms with van der Waals surface area (Å²) >= 11 is 0. The summed E-state index contributed by atoms with van der Waals surface area (Å²) in [6, 6.07) is 0. The highest BCUT2D eigenvalue weighted by Crippen LogP contribution is 2.17. The number of carbonyl (C=O) groups excluding carboxylic acids is 2. The van der Waals surface area contributed by atoms with E-state index in [4.69, 9.17) is 9.47 Å². The first-order valence-corrected chi connectivity index (χ1v) is 24.2. The molecule has 322 valence electrons. The topological polar surface area (TPSA) is 93.1 Å². The minimum absolute atomic E-state index is 0.190. The van der Waals surface area contributed by atoms with Crippen molar-refractivity contribution < 1.29 is 29.3 Å². The summed E-state index contributed by atoms with van der Waals surface area (Å²) in [4.78, 5) is 24.2. The van der Waals surface area contributed by atoms with Crippen LogP contribution in [0, 0.1) is 0 Å². The number of aliphatic hydroxyl groups is 2. The third-order valence-electron chi connectivity index (χ3n) is 11.3. The summed E-state index contributed by atoms with van der Waals surface area (Å²) in [7, 11) is 0. The normalized spacial score (nSPS) is 12.6. The zero-order valence-corrected chi connectivity index (χ0v) is 36.4. The molecule has 0 saturated carbocycles. The second-order valence-corrected chi connectivity index (χ2v) is 16.7. The Bertz CT molecular complexity index is 695. The number of unbranched alkanes of at least 4 members (excludes halogenated alkanes) is 38. The minimum Gasteiger partial charge on any atom is -0.464 e. The van der Waals surface area contributed by atoms with Gasteiger partial charge in [-0.2, -0.15) is 0 Å². The van der Waals surface area contributed by atoms with E-state index in [9.17, 15) is 19.8 Å². The molecule has 2 N–H and O–H groups in total. The van der Waals surface area contributed by atoms with Crippen LogP contribution in [-0.2, 0) is 19.1 Å². The van der Waals surface area contributed by atoms with Crippen molar-refractivity contribution in [2.45, 2.75) is 283 Å². The summed E-state index contributed by atoms with van der Waals surface area (Å²) < 4.78 is 10.2. The Morgan fingerprint density at radius 1 is 0.296 bits per heavy atom. The van der Waals surface area contributed by atoms with Gasteiger partial charge in [0.05, 0.1) is 13.2 Å². The second-order valence-electron chi connectivity index (χ2n) is 16.7. The summed E-state index contributed by atoms with van der Waals surface area (Å²) in [6.07, 6.45) is 48.4. The summed E-state index contributed by atoms with van der Waals surface area (Å²) in [5.41, 5.74) is 0. The molecule has 0 aliphatic carbocycles. The maximum atomic E-state index is 12.1. The smallest absolute Gasteiger partial charge is 0.338 e. The van der Waals surface area contributed by atoms with Gasteiger partial charge in [-0.3, -0.25) is 0 Å². The molecule has 0 aliphatic rings. The molecule has 0 rings (SSSR count). The van der Waals surface area contributed by atoms with Crippen molar-refractivity contribution >= 4 is 11.9 Å². The number of rotatable bonds is 45. The zero-order valence-electron chi connectivity index (χ0n) is 36.4. The third-order valence-corrected chi connectivity index (χ3v) is 11.3. The maximum Gasteiger partial charge on any atom is 0.338 e. The predicted molar refractivity (Wildman–Crippen MR) is 230 cm³/mol. The first-order valence-electron chi connectivity index (χ1n) is 24.2. The van der Waals surface area contributed by atoms with Crippen LogP contribution in [0.5, 0.6) is 0 Å². The molecule has 0 radical (unpaired) electrons. The minimum atomic E-state index is -1.91. The van der Waals surface area contributed by atoms with Crippen LogP contribution < -0.4 is 0 Å². The maximum absolute atomic E-state index is 12.1. The molecule has 6 heteroatoms. The Hall–Kier alpha value is -1.14. The molecule has 0 aromatic heterocycles. The number of hydrogen-bond acceptors (Lipinski definition) is 6. The van der Waals surface area contributed by atoms with E-state index in [1.54, 1.807) is 0 Å². The van der Waals surface area contributed by atoms with Gasteiger partial charge in [-0.1, -0.05) is 258 Å². The second kappa shape index (κ2) is 44.6. The summed E-state index contributed by atoms with van der Waals surface area (Å²) in [5, 5.41) is 20.1. The summed E-state index contributed by atoms with van der Waals surface area (Å²) in [5.74, 6) is -1.92. The quantitative estimate of drug-likeness (QED) is 0.0473. The fourth-order valence-electron chi connectivity index (χ4n) is 7.49. The van der Waals surface area contributed by atoms with Crippen LogP contribution in [0.4, 0.5) is 0 Å². The first kappa shape index (κ1) is 52.9. The van der Waals surface area contributed by atoms with Gasteiger partial charge in [-0.25, -0.2) is 9.59 Å². The average Bonchev–Trinajstić information content (AvgIpc) is 3.18. The lowest BCUT2D eigenvalue weighted by Crippen LogP contribution is -2.41. The number of esters is 2. The highest BCUT2D eigenvalue weighted by Gasteiger charge is 2.32. The molecule has 0 aromatic rings. The average molecular weight is 767 g/mol. The fraction of sp³-hybridized carbons (Fsp3) is 0.958. The molecular weight excluding hydrogens is 673 g/mol. The predicted octanol–water partition coefficient (Wildman–Crippen LogP) is 14.4. The molecule has 2 atom stereocenters. The van der Waals surface area contributed by atoms with Crippen molar-refractivity contribution in [3.63, 3.8) is 0 Å². The van der Waals surface area contributed by atoms with Gasteiger partial charge in [0.2, 0.25) is 0 Å². The van der Waals surface area contributed by atoms with Crippen LogP contribution in [-0.4, -0.2) is 47.6 Å². The molecule has 0 amide bonds. The molecule has 54 heavy (non-hydrogen) atoms. The van der Waals surface area contributed by atoms with Gasteiger partial charge in [0, 0.05) is 0 Å². The van der Waals surface area contributed by atoms with Crippen LogP contribution in [0.15, 0.2) is 0 Å². The molecule has 0 saturated heterocycles. The van der Waals surface area contributed by atoms with Gasteiger partial charge >= 0.3 is 11.9 Å². The van der Waals surface area contributed by atoms with Crippen LogP contribution in [0.25, 0.3) is 0 Å². The van der Waals surface area contributed by atoms with Crippen molar-refractivity contribution in [3.8, 4) is 0 Å². The molecule has 0 bridgehead atoms. The van der Waals surface area contributed by atoms with Crippen molar-refractivity contribution in [2.75, 3.05) is 13.2 Å². The first-order chi connectivity index (χ1) is 26.5. The van der Waals surface area contributed by atoms with Crippen LogP contribution in [0.1, 0.15) is 271 Å². The standard InChI is InChI=1S/C48H94O6/c1-3-5-7-9-11-13-15-17-19-21-23-25-27-29-31-33-35-37-39-41-43-53-47(51)45(49)46(50)48(52)54-44-42-40-38-36-34-32-30-28-26-24-22-20-18-16-14-12-10-8-6-4-2/h45-46,49-50H,3-44H2,1-2H3/t45-,46-/m1/s1. The lowest BCUT2D eigenvalue weighted by Gasteiger charge is -2.16. The largest absolute Gasteiger partial charge is 0.464 e. The van der Waals surface area contributed by atoms with E-state index in [0.717, 1.165) is 38.5 Å². The Morgan fingerprint density at radius 3 is 0.611 bits per heavy atom. The third kappa shape index (κ3) is 39.1. The van der Waals surface area contributed by atoms with Crippen molar-refractivity contribution in [3.05, 3.63) is 0 Å². The van der Waals surface area contributed by atoms with E-state index in [1.165, 1.54) is 218 Å². The van der Waals surface area contributed by atoms with Crippen LogP contribution in [0.2, 0.25) is 0 Å². The molecule has 0 heterocycles. The monoisotopic (exact) mass is 767 g/mol. The van der Waals surface area contributed by atoms with Gasteiger partial charge in [-0.05, 0) is 12.8 Å². The Labute approximate surface area is 336 Å². The zero-order chi connectivity index (χ0) is 39.4. The highest BCUT2D eigenvalue weighted by atomic mass is 16.6. The van der Waals surface area contributed by atoms with Gasteiger partial charge in [-0.15, -0.1) is 0 Å². The van der Waals surface area contributed by atoms with Crippen molar-refractivity contribution in [1.29, 1.82) is 0 Å². The Balaban J connectivity index is 3.44. The Morgan fingerprint density at radius 2 is 0.444 bits per heavy atom. The SMILES string of the molecule is CCCCCCCCCCCCCCCCCCCCCCOC(=O)[C@H](O)[C@@H](O)C(=O)OCCCCCCCCCCCCCCCCCCCCCC. The van der Waals surface area contributed by atoms with Crippen molar-refractivity contribution in [2.24, 2.45) is 0 Å². The van der Waals surface area contributed by atoms with E-state index >= 15 is 0 Å². The molecule has 0 spiro atoms. The molecule has 0 aliphatic heterocycles. The fourth-order valence-corrected chi connectivity index (χ4v) is 7.49. The molecular formula is C48H94O6. The lowest BCUT2D eigenvalue weighted by molar-refractivity contribution is -0.173. The number of hydrogen-bond donors (Lipinski definition) is 2. The van der Waals surface area contributed by atoms with E-state index in [2.05, 4.69) is 13.8 Å². The van der Waals surface area contributed by atoms with E-state index in [1.807, 2.05) is 0 Å². The molecule has 0 unspecified atom stereocenters. The molecule has 0 fully saturated rings. The van der Waals surface area contributed by atoms with E-state index in [-0.39, 0.29) is 13.2 Å². The Kier molecular flexibility index (Phi) is 43.6. The number of aliphatic hydroxyl groups excluding tert-OH is 2.